The Hall–Kier alpha value is -3.12. The fourth-order valence-electron chi connectivity index (χ4n) is 3.93. The van der Waals surface area contributed by atoms with Gasteiger partial charge in [0.1, 0.15) is 5.76 Å². The highest BCUT2D eigenvalue weighted by atomic mass is 16.4. The lowest BCUT2D eigenvalue weighted by Gasteiger charge is -2.26. The first-order valence-electron chi connectivity index (χ1n) is 11.2. The van der Waals surface area contributed by atoms with E-state index in [4.69, 9.17) is 10.2 Å². The molecule has 3 rings (SSSR count). The van der Waals surface area contributed by atoms with Gasteiger partial charge >= 0.3 is 5.76 Å². The van der Waals surface area contributed by atoms with E-state index in [0.717, 1.165) is 23.2 Å². The topological polar surface area (TPSA) is 81.5 Å². The number of hydrogen-bond acceptors (Lipinski definition) is 4. The minimum atomic E-state index is -0.343. The van der Waals surface area contributed by atoms with E-state index >= 15 is 0 Å². The summed E-state index contributed by atoms with van der Waals surface area (Å²) in [6.07, 6.45) is 1.39. The molecule has 0 aliphatic carbocycles. The van der Waals surface area contributed by atoms with Gasteiger partial charge in [0.25, 0.3) is 5.91 Å². The number of carbonyl (C=O) groups excluding carboxylic acids is 1. The van der Waals surface area contributed by atoms with Crippen LogP contribution in [0.5, 0.6) is 0 Å². The smallest absolute Gasteiger partial charge is 0.413 e. The van der Waals surface area contributed by atoms with Crippen molar-refractivity contribution in [3.8, 4) is 0 Å². The van der Waals surface area contributed by atoms with E-state index in [2.05, 4.69) is 6.92 Å². The third-order valence-corrected chi connectivity index (χ3v) is 5.67. The molecule has 1 atom stereocenters. The van der Waals surface area contributed by atoms with Crippen LogP contribution in [-0.2, 0) is 13.0 Å². The number of nitrogens with two attached hydrogens (primary N) is 1. The molecular weight excluding hydrogens is 402 g/mol. The number of carbonyl (C=O) groups is 1. The van der Waals surface area contributed by atoms with Crippen molar-refractivity contribution >= 4 is 5.91 Å². The largest absolute Gasteiger partial charge is 0.419 e. The highest BCUT2D eigenvalue weighted by molar-refractivity contribution is 5.94. The summed E-state index contributed by atoms with van der Waals surface area (Å²) in [5.41, 5.74) is 9.45. The van der Waals surface area contributed by atoms with Gasteiger partial charge in [-0.25, -0.2) is 4.79 Å². The molecule has 0 aliphatic heterocycles. The fraction of sp³-hybridized carbons (Fsp3) is 0.385. The van der Waals surface area contributed by atoms with Crippen molar-refractivity contribution in [1.29, 1.82) is 0 Å². The van der Waals surface area contributed by atoms with Gasteiger partial charge < -0.3 is 15.1 Å². The zero-order chi connectivity index (χ0) is 23.1. The summed E-state index contributed by atoms with van der Waals surface area (Å²) < 4.78 is 7.13. The molecule has 3 aromatic rings. The summed E-state index contributed by atoms with van der Waals surface area (Å²) in [6.45, 7) is 8.12. The lowest BCUT2D eigenvalue weighted by molar-refractivity contribution is 0.0730. The van der Waals surface area contributed by atoms with Crippen molar-refractivity contribution in [1.82, 2.24) is 9.47 Å². The Kier molecular flexibility index (Phi) is 8.06. The average molecular weight is 436 g/mol. The molecule has 32 heavy (non-hydrogen) atoms. The second-order valence-electron chi connectivity index (χ2n) is 8.51. The highest BCUT2D eigenvalue weighted by Gasteiger charge is 2.21. The number of hydrogen-bond donors (Lipinski definition) is 1. The Morgan fingerprint density at radius 1 is 1.09 bits per heavy atom. The maximum atomic E-state index is 13.1. The van der Waals surface area contributed by atoms with Crippen molar-refractivity contribution in [2.75, 3.05) is 19.6 Å². The maximum absolute atomic E-state index is 13.1. The lowest BCUT2D eigenvalue weighted by Crippen LogP contribution is -2.37. The minimum absolute atomic E-state index is 0.0101. The van der Waals surface area contributed by atoms with Crippen molar-refractivity contribution < 1.29 is 9.21 Å². The molecule has 0 radical (unpaired) electrons. The maximum Gasteiger partial charge on any atom is 0.419 e. The van der Waals surface area contributed by atoms with Gasteiger partial charge in [-0.3, -0.25) is 9.36 Å². The Bertz CT molecular complexity index is 1070. The molecule has 1 aromatic heterocycles. The van der Waals surface area contributed by atoms with Gasteiger partial charge in [0.15, 0.2) is 0 Å². The summed E-state index contributed by atoms with van der Waals surface area (Å²) in [5, 5.41) is 0. The molecule has 2 aromatic carbocycles. The van der Waals surface area contributed by atoms with Gasteiger partial charge in [-0.2, -0.15) is 0 Å². The van der Waals surface area contributed by atoms with E-state index in [1.807, 2.05) is 73.3 Å². The summed E-state index contributed by atoms with van der Waals surface area (Å²) in [6, 6.07) is 17.5. The van der Waals surface area contributed by atoms with Gasteiger partial charge in [0.05, 0.1) is 12.2 Å². The normalized spacial score (nSPS) is 12.0. The lowest BCUT2D eigenvalue weighted by atomic mass is 10.0. The predicted octanol–water partition coefficient (Wildman–Crippen LogP) is 3.78. The third kappa shape index (κ3) is 5.98. The monoisotopic (exact) mass is 435 g/mol. The van der Waals surface area contributed by atoms with Gasteiger partial charge in [-0.15, -0.1) is 0 Å². The molecule has 6 heteroatoms. The van der Waals surface area contributed by atoms with Crippen LogP contribution in [0, 0.1) is 19.8 Å². The Labute approximate surface area is 189 Å². The van der Waals surface area contributed by atoms with Gasteiger partial charge in [0, 0.05) is 18.7 Å². The first-order chi connectivity index (χ1) is 15.4. The van der Waals surface area contributed by atoms with Gasteiger partial charge in [0.2, 0.25) is 0 Å². The molecule has 6 nitrogen and oxygen atoms in total. The number of nitrogens with zero attached hydrogens (tertiary/aromatic N) is 2. The Morgan fingerprint density at radius 3 is 2.44 bits per heavy atom. The first-order valence-corrected chi connectivity index (χ1v) is 11.2. The van der Waals surface area contributed by atoms with Gasteiger partial charge in [-0.05, 0) is 56.8 Å². The zero-order valence-corrected chi connectivity index (χ0v) is 19.2. The molecule has 0 fully saturated rings. The number of benzene rings is 2. The van der Waals surface area contributed by atoms with Crippen LogP contribution in [-0.4, -0.2) is 35.0 Å². The number of rotatable bonds is 10. The number of amides is 1. The summed E-state index contributed by atoms with van der Waals surface area (Å²) in [4.78, 5) is 27.5. The molecule has 0 saturated carbocycles. The quantitative estimate of drug-likeness (QED) is 0.526. The molecule has 1 heterocycles. The molecule has 2 N–H and O–H groups in total. The summed E-state index contributed by atoms with van der Waals surface area (Å²) in [7, 11) is 0. The first kappa shape index (κ1) is 23.5. The Balaban J connectivity index is 1.76. The fourth-order valence-corrected chi connectivity index (χ4v) is 3.93. The SMILES string of the molecule is Cc1ccc(C(=O)N(CCCN)CC(C)Cc2c(C)oc(=O)n2Cc2ccccc2)cc1. The van der Waals surface area contributed by atoms with Crippen LogP contribution in [0.3, 0.4) is 0 Å². The molecule has 0 saturated heterocycles. The van der Waals surface area contributed by atoms with Crippen molar-refractivity contribution in [2.24, 2.45) is 11.7 Å². The molecule has 170 valence electrons. The second kappa shape index (κ2) is 11.0. The van der Waals surface area contributed by atoms with Crippen molar-refractivity contribution in [3.63, 3.8) is 0 Å². The van der Waals surface area contributed by atoms with Crippen LogP contribution in [0.4, 0.5) is 0 Å². The predicted molar refractivity (Wildman–Crippen MR) is 127 cm³/mol. The highest BCUT2D eigenvalue weighted by Crippen LogP contribution is 2.17. The van der Waals surface area contributed by atoms with E-state index in [0.29, 0.717) is 43.9 Å². The third-order valence-electron chi connectivity index (χ3n) is 5.67. The number of aryl methyl sites for hydroxylation is 2. The van der Waals surface area contributed by atoms with Crippen LogP contribution in [0.1, 0.15) is 46.3 Å². The van der Waals surface area contributed by atoms with Crippen LogP contribution in [0.25, 0.3) is 0 Å². The van der Waals surface area contributed by atoms with E-state index in [-0.39, 0.29) is 17.6 Å². The zero-order valence-electron chi connectivity index (χ0n) is 19.2. The van der Waals surface area contributed by atoms with E-state index in [1.54, 1.807) is 4.57 Å². The standard InChI is InChI=1S/C26H33N3O3/c1-19-10-12-23(13-11-19)25(30)28(15-7-14-27)17-20(2)16-24-21(3)32-26(31)29(24)18-22-8-5-4-6-9-22/h4-6,8-13,20H,7,14-18,27H2,1-3H3. The molecular formula is C26H33N3O3. The van der Waals surface area contributed by atoms with Crippen LogP contribution >= 0.6 is 0 Å². The van der Waals surface area contributed by atoms with Gasteiger partial charge in [-0.1, -0.05) is 55.0 Å². The average Bonchev–Trinajstić information content (AvgIpc) is 3.04. The summed E-state index contributed by atoms with van der Waals surface area (Å²) in [5.74, 6) is 0.441. The van der Waals surface area contributed by atoms with Crippen molar-refractivity contribution in [2.45, 2.75) is 40.2 Å². The number of oxazole rings is 1. The van der Waals surface area contributed by atoms with E-state index < -0.39 is 0 Å². The second-order valence-corrected chi connectivity index (χ2v) is 8.51. The molecule has 0 bridgehead atoms. The van der Waals surface area contributed by atoms with Crippen LogP contribution < -0.4 is 11.5 Å². The molecule has 1 amide bonds. The van der Waals surface area contributed by atoms with Crippen LogP contribution in [0.2, 0.25) is 0 Å². The number of aromatic nitrogens is 1. The Morgan fingerprint density at radius 2 is 1.78 bits per heavy atom. The minimum Gasteiger partial charge on any atom is -0.413 e. The molecule has 0 aliphatic rings. The summed E-state index contributed by atoms with van der Waals surface area (Å²) >= 11 is 0. The molecule has 0 spiro atoms. The van der Waals surface area contributed by atoms with Crippen LogP contribution in [0.15, 0.2) is 63.8 Å². The molecule has 1 unspecified atom stereocenters. The van der Waals surface area contributed by atoms with Crippen molar-refractivity contribution in [3.05, 3.63) is 93.3 Å². The van der Waals surface area contributed by atoms with E-state index in [1.165, 1.54) is 0 Å². The van der Waals surface area contributed by atoms with E-state index in [9.17, 15) is 9.59 Å².